The molecular weight excluding hydrogens is 303 g/mol. The van der Waals surface area contributed by atoms with Crippen molar-refractivity contribution in [3.8, 4) is 0 Å². The number of aliphatic hydroxyl groups excluding tert-OH is 1. The molecule has 0 atom stereocenters. The molecule has 0 amide bonds. The smallest absolute Gasteiger partial charge is 0.402 e. The van der Waals surface area contributed by atoms with Crippen LogP contribution < -0.4 is 5.73 Å². The number of alkyl halides is 3. The highest BCUT2D eigenvalue weighted by molar-refractivity contribution is 5.50. The molecule has 3 rings (SSSR count). The van der Waals surface area contributed by atoms with Crippen LogP contribution in [0.5, 0.6) is 0 Å². The lowest BCUT2D eigenvalue weighted by atomic mass is 9.91. The molecule has 23 heavy (non-hydrogen) atoms. The van der Waals surface area contributed by atoms with Gasteiger partial charge in [-0.3, -0.25) is 0 Å². The maximum absolute atomic E-state index is 13.0. The Kier molecular flexibility index (Phi) is 4.06. The first-order valence-corrected chi connectivity index (χ1v) is 7.55. The Hall–Kier alpha value is -2.01. The quantitative estimate of drug-likeness (QED) is 0.884. The molecule has 1 aromatic carbocycles. The molecule has 2 aliphatic carbocycles. The first-order chi connectivity index (χ1) is 10.9. The average molecular weight is 321 g/mol. The average Bonchev–Trinajstić information content (AvgIpc) is 2.87. The minimum absolute atomic E-state index is 0.282. The van der Waals surface area contributed by atoms with Crippen molar-refractivity contribution in [2.45, 2.75) is 38.5 Å². The minimum atomic E-state index is -4.41. The van der Waals surface area contributed by atoms with Gasteiger partial charge in [-0.1, -0.05) is 18.2 Å². The van der Waals surface area contributed by atoms with E-state index in [2.05, 4.69) is 0 Å². The molecule has 122 valence electrons. The fourth-order valence-corrected chi connectivity index (χ4v) is 3.19. The normalized spacial score (nSPS) is 17.9. The Bertz CT molecular complexity index is 726. The molecule has 0 aliphatic heterocycles. The van der Waals surface area contributed by atoms with E-state index in [4.69, 9.17) is 5.73 Å². The maximum atomic E-state index is 13.0. The second-order valence-electron chi connectivity index (χ2n) is 6.03. The summed E-state index contributed by atoms with van der Waals surface area (Å²) in [5, 5.41) is 9.20. The largest absolute Gasteiger partial charge is 0.416 e. The van der Waals surface area contributed by atoms with Crippen molar-refractivity contribution in [1.82, 2.24) is 0 Å². The summed E-state index contributed by atoms with van der Waals surface area (Å²) in [5.74, 6) is 0. The Morgan fingerprint density at radius 1 is 1.09 bits per heavy atom. The van der Waals surface area contributed by atoms with E-state index >= 15 is 0 Å². The molecule has 0 aromatic heterocycles. The van der Waals surface area contributed by atoms with Crippen molar-refractivity contribution in [3.63, 3.8) is 0 Å². The summed E-state index contributed by atoms with van der Waals surface area (Å²) in [4.78, 5) is 0. The third-order valence-corrected chi connectivity index (χ3v) is 4.34. The molecule has 0 spiro atoms. The van der Waals surface area contributed by atoms with Gasteiger partial charge in [-0.25, -0.2) is 0 Å². The second-order valence-corrected chi connectivity index (χ2v) is 6.03. The monoisotopic (exact) mass is 321 g/mol. The van der Waals surface area contributed by atoms with E-state index in [9.17, 15) is 18.3 Å². The van der Waals surface area contributed by atoms with Crippen LogP contribution in [-0.4, -0.2) is 5.11 Å². The minimum Gasteiger partial charge on any atom is -0.402 e. The number of fused-ring (bicyclic) bond motifs is 1. The zero-order valence-corrected chi connectivity index (χ0v) is 12.6. The van der Waals surface area contributed by atoms with Crippen LogP contribution in [0.4, 0.5) is 13.2 Å². The maximum Gasteiger partial charge on any atom is 0.416 e. The van der Waals surface area contributed by atoms with E-state index in [-0.39, 0.29) is 5.56 Å². The van der Waals surface area contributed by atoms with Crippen LogP contribution in [0.1, 0.15) is 36.0 Å². The number of benzene rings is 1. The number of hydrogen-bond acceptors (Lipinski definition) is 2. The zero-order valence-electron chi connectivity index (χ0n) is 12.6. The van der Waals surface area contributed by atoms with Gasteiger partial charge < -0.3 is 10.8 Å². The van der Waals surface area contributed by atoms with Crippen LogP contribution >= 0.6 is 0 Å². The number of hydrogen-bond donors (Lipinski definition) is 2. The Morgan fingerprint density at radius 2 is 1.83 bits per heavy atom. The Balaban J connectivity index is 1.87. The van der Waals surface area contributed by atoms with Crippen LogP contribution in [-0.2, 0) is 19.2 Å². The summed E-state index contributed by atoms with van der Waals surface area (Å²) >= 11 is 0. The van der Waals surface area contributed by atoms with Gasteiger partial charge in [0, 0.05) is 5.70 Å². The van der Waals surface area contributed by atoms with Gasteiger partial charge in [0.05, 0.1) is 12.2 Å². The standard InChI is InChI=1S/C18H18F3NO/c19-18(20,21)15-8-12(6-13(9-15)10-23)5-11-1-3-16-14(7-11)2-4-17(16)22/h1,6-9,23H,2-5,10,22H2. The summed E-state index contributed by atoms with van der Waals surface area (Å²) in [6.45, 7) is -0.402. The molecule has 0 heterocycles. The lowest BCUT2D eigenvalue weighted by molar-refractivity contribution is -0.137. The zero-order chi connectivity index (χ0) is 16.6. The Labute approximate surface area is 132 Å². The van der Waals surface area contributed by atoms with Crippen LogP contribution in [0.2, 0.25) is 0 Å². The van der Waals surface area contributed by atoms with Crippen LogP contribution in [0.15, 0.2) is 52.8 Å². The summed E-state index contributed by atoms with van der Waals surface area (Å²) in [6, 6.07) is 3.78. The number of allylic oxidation sites excluding steroid dienone is 6. The highest BCUT2D eigenvalue weighted by Crippen LogP contribution is 2.36. The van der Waals surface area contributed by atoms with E-state index in [1.165, 1.54) is 11.1 Å². The van der Waals surface area contributed by atoms with Crippen LogP contribution in [0.3, 0.4) is 0 Å². The molecule has 3 N–H and O–H groups in total. The fraction of sp³-hybridized carbons (Fsp3) is 0.333. The van der Waals surface area contributed by atoms with Gasteiger partial charge in [0.15, 0.2) is 0 Å². The van der Waals surface area contributed by atoms with E-state index in [0.717, 1.165) is 42.7 Å². The molecule has 1 aromatic rings. The van der Waals surface area contributed by atoms with Crippen molar-refractivity contribution in [2.24, 2.45) is 5.73 Å². The van der Waals surface area contributed by atoms with Gasteiger partial charge in [0.2, 0.25) is 0 Å². The van der Waals surface area contributed by atoms with E-state index in [1.807, 2.05) is 12.2 Å². The third kappa shape index (κ3) is 3.34. The van der Waals surface area contributed by atoms with Crippen molar-refractivity contribution in [1.29, 1.82) is 0 Å². The molecular formula is C18H18F3NO. The number of nitrogens with two attached hydrogens (primary N) is 1. The predicted octanol–water partition coefficient (Wildman–Crippen LogP) is 4.00. The Morgan fingerprint density at radius 3 is 2.52 bits per heavy atom. The van der Waals surface area contributed by atoms with E-state index in [0.29, 0.717) is 12.0 Å². The van der Waals surface area contributed by atoms with Crippen LogP contribution in [0, 0.1) is 0 Å². The summed E-state index contributed by atoms with van der Waals surface area (Å²) in [7, 11) is 0. The highest BCUT2D eigenvalue weighted by atomic mass is 19.4. The molecule has 5 heteroatoms. The first-order valence-electron chi connectivity index (χ1n) is 7.55. The van der Waals surface area contributed by atoms with Crippen molar-refractivity contribution in [2.75, 3.05) is 0 Å². The molecule has 0 fully saturated rings. The molecule has 0 saturated carbocycles. The van der Waals surface area contributed by atoms with Gasteiger partial charge in [0.25, 0.3) is 0 Å². The summed E-state index contributed by atoms with van der Waals surface area (Å²) in [6.07, 6.45) is 2.60. The predicted molar refractivity (Wildman–Crippen MR) is 82.3 cm³/mol. The third-order valence-electron chi connectivity index (χ3n) is 4.34. The topological polar surface area (TPSA) is 46.2 Å². The molecule has 0 unspecified atom stereocenters. The molecule has 0 radical (unpaired) electrons. The van der Waals surface area contributed by atoms with Gasteiger partial charge in [-0.2, -0.15) is 13.2 Å². The number of halogens is 3. The highest BCUT2D eigenvalue weighted by Gasteiger charge is 2.31. The first kappa shape index (κ1) is 15.9. The van der Waals surface area contributed by atoms with Crippen LogP contribution in [0.25, 0.3) is 0 Å². The van der Waals surface area contributed by atoms with Gasteiger partial charge >= 0.3 is 6.18 Å². The van der Waals surface area contributed by atoms with Crippen molar-refractivity contribution < 1.29 is 18.3 Å². The molecule has 0 saturated heterocycles. The van der Waals surface area contributed by atoms with E-state index in [1.54, 1.807) is 6.07 Å². The fourth-order valence-electron chi connectivity index (χ4n) is 3.19. The van der Waals surface area contributed by atoms with Gasteiger partial charge in [0.1, 0.15) is 0 Å². The number of aliphatic hydroxyl groups is 1. The number of rotatable bonds is 3. The molecule has 2 nitrogen and oxygen atoms in total. The molecule has 2 aliphatic rings. The summed E-state index contributed by atoms with van der Waals surface area (Å²) < 4.78 is 38.9. The second kappa shape index (κ2) is 5.89. The van der Waals surface area contributed by atoms with Gasteiger partial charge in [-0.05, 0) is 65.7 Å². The molecule has 0 bridgehead atoms. The lowest BCUT2D eigenvalue weighted by Crippen LogP contribution is -2.07. The van der Waals surface area contributed by atoms with Crippen molar-refractivity contribution in [3.05, 3.63) is 69.5 Å². The SMILES string of the molecule is NC1=C2CC=C(Cc3cc(CO)cc(C(F)(F)F)c3)C=C2CC1. The van der Waals surface area contributed by atoms with Gasteiger partial charge in [-0.15, -0.1) is 0 Å². The van der Waals surface area contributed by atoms with E-state index < -0.39 is 18.3 Å². The summed E-state index contributed by atoms with van der Waals surface area (Å²) in [5.41, 5.74) is 10.4. The lowest BCUT2D eigenvalue weighted by Gasteiger charge is -2.15. The van der Waals surface area contributed by atoms with Crippen molar-refractivity contribution >= 4 is 0 Å².